The van der Waals surface area contributed by atoms with Crippen LogP contribution in [0.3, 0.4) is 0 Å². The zero-order valence-corrected chi connectivity index (χ0v) is 14.2. The molecule has 0 aliphatic rings. The number of amidine groups is 1. The quantitative estimate of drug-likeness (QED) is 0.371. The zero-order valence-electron chi connectivity index (χ0n) is 14.2. The fourth-order valence-corrected chi connectivity index (χ4v) is 3.07. The van der Waals surface area contributed by atoms with E-state index >= 15 is 0 Å². The first kappa shape index (κ1) is 16.7. The van der Waals surface area contributed by atoms with Gasteiger partial charge in [0, 0.05) is 11.3 Å². The van der Waals surface area contributed by atoms with E-state index in [0.29, 0.717) is 16.8 Å². The van der Waals surface area contributed by atoms with Crippen LogP contribution in [0.2, 0.25) is 0 Å². The topological polar surface area (TPSA) is 75.9 Å². The molecular formula is C21H20FN3. The highest BCUT2D eigenvalue weighted by molar-refractivity contribution is 6.01. The first-order valence-corrected chi connectivity index (χ1v) is 7.99. The van der Waals surface area contributed by atoms with Crippen LogP contribution < -0.4 is 11.5 Å². The van der Waals surface area contributed by atoms with Gasteiger partial charge in [-0.2, -0.15) is 0 Å². The Bertz CT molecular complexity index is 977. The van der Waals surface area contributed by atoms with Crippen LogP contribution in [0.1, 0.15) is 16.7 Å². The molecule has 3 nitrogen and oxygen atoms in total. The van der Waals surface area contributed by atoms with Crippen LogP contribution in [-0.4, -0.2) is 5.84 Å². The summed E-state index contributed by atoms with van der Waals surface area (Å²) in [6.07, 6.45) is 0. The standard InChI is InChI=1S/C21H20FN3/c1-12-4-3-5-16(14-6-8-17(21(24)25)19(23)11-14)20(12)15-7-9-18(22)13(2)10-15/h3-11H,23H2,1-2H3,(H3,24,25). The fraction of sp³-hybridized carbons (Fsp3) is 0.0952. The highest BCUT2D eigenvalue weighted by Gasteiger charge is 2.13. The predicted octanol–water partition coefficient (Wildman–Crippen LogP) is 4.64. The average Bonchev–Trinajstić information content (AvgIpc) is 2.57. The molecule has 0 bridgehead atoms. The molecule has 0 spiro atoms. The monoisotopic (exact) mass is 333 g/mol. The summed E-state index contributed by atoms with van der Waals surface area (Å²) in [5.74, 6) is -0.267. The van der Waals surface area contributed by atoms with E-state index in [1.165, 1.54) is 6.07 Å². The number of benzene rings is 3. The summed E-state index contributed by atoms with van der Waals surface area (Å²) in [5, 5.41) is 7.57. The molecule has 0 aromatic heterocycles. The lowest BCUT2D eigenvalue weighted by Crippen LogP contribution is -2.13. The number of nitrogens with two attached hydrogens (primary N) is 2. The summed E-state index contributed by atoms with van der Waals surface area (Å²) >= 11 is 0. The van der Waals surface area contributed by atoms with Gasteiger partial charge >= 0.3 is 0 Å². The number of anilines is 1. The fourth-order valence-electron chi connectivity index (χ4n) is 3.07. The van der Waals surface area contributed by atoms with E-state index < -0.39 is 0 Å². The van der Waals surface area contributed by atoms with Gasteiger partial charge in [-0.25, -0.2) is 4.39 Å². The van der Waals surface area contributed by atoms with Crippen LogP contribution in [0.15, 0.2) is 54.6 Å². The molecule has 126 valence electrons. The van der Waals surface area contributed by atoms with Crippen LogP contribution in [0.4, 0.5) is 10.1 Å². The second kappa shape index (κ2) is 6.40. The Kier molecular flexibility index (Phi) is 4.28. The molecule has 0 aliphatic carbocycles. The van der Waals surface area contributed by atoms with Gasteiger partial charge < -0.3 is 11.5 Å². The Morgan fingerprint density at radius 3 is 2.28 bits per heavy atom. The lowest BCUT2D eigenvalue weighted by atomic mass is 9.89. The van der Waals surface area contributed by atoms with Crippen LogP contribution >= 0.6 is 0 Å². The van der Waals surface area contributed by atoms with Gasteiger partial charge in [0.15, 0.2) is 0 Å². The maximum atomic E-state index is 13.7. The van der Waals surface area contributed by atoms with Gasteiger partial charge in [0.2, 0.25) is 0 Å². The molecule has 3 aromatic carbocycles. The van der Waals surface area contributed by atoms with Gasteiger partial charge in [-0.3, -0.25) is 5.41 Å². The number of nitrogen functional groups attached to an aromatic ring is 2. The SMILES string of the molecule is Cc1cc(-c2c(C)cccc2-c2ccc(C(=N)N)c(N)c2)ccc1F. The molecule has 0 saturated heterocycles. The summed E-state index contributed by atoms with van der Waals surface area (Å²) in [6, 6.07) is 16.7. The molecule has 0 unspecified atom stereocenters. The van der Waals surface area contributed by atoms with Gasteiger partial charge in [-0.1, -0.05) is 30.3 Å². The second-order valence-corrected chi connectivity index (χ2v) is 6.18. The summed E-state index contributed by atoms with van der Waals surface area (Å²) in [5.41, 5.74) is 18.2. The highest BCUT2D eigenvalue weighted by atomic mass is 19.1. The lowest BCUT2D eigenvalue weighted by Gasteiger charge is -2.15. The van der Waals surface area contributed by atoms with Crippen LogP contribution in [0, 0.1) is 25.1 Å². The lowest BCUT2D eigenvalue weighted by molar-refractivity contribution is 0.619. The van der Waals surface area contributed by atoms with E-state index in [0.717, 1.165) is 27.8 Å². The van der Waals surface area contributed by atoms with Crippen molar-refractivity contribution in [2.24, 2.45) is 5.73 Å². The van der Waals surface area contributed by atoms with E-state index in [2.05, 4.69) is 0 Å². The Morgan fingerprint density at radius 2 is 1.64 bits per heavy atom. The molecular weight excluding hydrogens is 313 g/mol. The van der Waals surface area contributed by atoms with E-state index in [-0.39, 0.29) is 11.7 Å². The maximum absolute atomic E-state index is 13.7. The van der Waals surface area contributed by atoms with Crippen molar-refractivity contribution in [1.82, 2.24) is 0 Å². The minimum atomic E-state index is -0.214. The second-order valence-electron chi connectivity index (χ2n) is 6.18. The first-order valence-electron chi connectivity index (χ1n) is 7.99. The van der Waals surface area contributed by atoms with Gasteiger partial charge in [-0.15, -0.1) is 0 Å². The van der Waals surface area contributed by atoms with Crippen molar-refractivity contribution in [2.45, 2.75) is 13.8 Å². The predicted molar refractivity (Wildman–Crippen MR) is 102 cm³/mol. The third-order valence-corrected chi connectivity index (χ3v) is 4.37. The molecule has 5 N–H and O–H groups in total. The summed E-state index contributed by atoms with van der Waals surface area (Å²) < 4.78 is 13.7. The van der Waals surface area contributed by atoms with Crippen molar-refractivity contribution in [3.8, 4) is 22.3 Å². The maximum Gasteiger partial charge on any atom is 0.126 e. The van der Waals surface area contributed by atoms with Crippen molar-refractivity contribution in [3.05, 3.63) is 77.1 Å². The number of rotatable bonds is 3. The van der Waals surface area contributed by atoms with Crippen LogP contribution in [0.25, 0.3) is 22.3 Å². The average molecular weight is 333 g/mol. The third kappa shape index (κ3) is 3.11. The first-order chi connectivity index (χ1) is 11.9. The zero-order chi connectivity index (χ0) is 18.1. The van der Waals surface area contributed by atoms with Gasteiger partial charge in [0.25, 0.3) is 0 Å². The Hall–Kier alpha value is -3.14. The van der Waals surface area contributed by atoms with Crippen molar-refractivity contribution >= 4 is 11.5 Å². The van der Waals surface area contributed by atoms with Crippen molar-refractivity contribution in [1.29, 1.82) is 5.41 Å². The normalized spacial score (nSPS) is 10.7. The Balaban J connectivity index is 2.21. The molecule has 0 radical (unpaired) electrons. The summed E-state index contributed by atoms with van der Waals surface area (Å²) in [4.78, 5) is 0. The molecule has 0 atom stereocenters. The molecule has 0 amide bonds. The van der Waals surface area contributed by atoms with Gasteiger partial charge in [0.05, 0.1) is 0 Å². The molecule has 0 aliphatic heterocycles. The number of nitrogens with one attached hydrogen (secondary N) is 1. The molecule has 0 saturated carbocycles. The smallest absolute Gasteiger partial charge is 0.126 e. The minimum absolute atomic E-state index is 0.0531. The molecule has 0 fully saturated rings. The van der Waals surface area contributed by atoms with Gasteiger partial charge in [-0.05, 0) is 71.5 Å². The molecule has 3 aromatic rings. The Morgan fingerprint density at radius 1 is 0.920 bits per heavy atom. The third-order valence-electron chi connectivity index (χ3n) is 4.37. The molecule has 3 rings (SSSR count). The number of aryl methyl sites for hydroxylation is 2. The molecule has 4 heteroatoms. The van der Waals surface area contributed by atoms with Crippen molar-refractivity contribution < 1.29 is 4.39 Å². The van der Waals surface area contributed by atoms with Crippen LogP contribution in [0.5, 0.6) is 0 Å². The van der Waals surface area contributed by atoms with E-state index in [1.807, 2.05) is 43.3 Å². The van der Waals surface area contributed by atoms with E-state index in [1.54, 1.807) is 19.1 Å². The number of hydrogen-bond donors (Lipinski definition) is 3. The molecule has 25 heavy (non-hydrogen) atoms. The molecule has 0 heterocycles. The van der Waals surface area contributed by atoms with Crippen molar-refractivity contribution in [2.75, 3.05) is 5.73 Å². The Labute approximate surface area is 146 Å². The van der Waals surface area contributed by atoms with Crippen LogP contribution in [-0.2, 0) is 0 Å². The summed E-state index contributed by atoms with van der Waals surface area (Å²) in [7, 11) is 0. The largest absolute Gasteiger partial charge is 0.398 e. The minimum Gasteiger partial charge on any atom is -0.398 e. The van der Waals surface area contributed by atoms with E-state index in [9.17, 15) is 4.39 Å². The van der Waals surface area contributed by atoms with Crippen molar-refractivity contribution in [3.63, 3.8) is 0 Å². The number of halogens is 1. The highest BCUT2D eigenvalue weighted by Crippen LogP contribution is 2.36. The number of hydrogen-bond acceptors (Lipinski definition) is 2. The van der Waals surface area contributed by atoms with E-state index in [4.69, 9.17) is 16.9 Å². The van der Waals surface area contributed by atoms with Gasteiger partial charge in [0.1, 0.15) is 11.7 Å². The summed E-state index contributed by atoms with van der Waals surface area (Å²) in [6.45, 7) is 3.79.